The van der Waals surface area contributed by atoms with Gasteiger partial charge in [-0.05, 0) is 12.7 Å². The van der Waals surface area contributed by atoms with Crippen LogP contribution in [0.1, 0.15) is 19.2 Å². The first kappa shape index (κ1) is 15.0. The summed E-state index contributed by atoms with van der Waals surface area (Å²) < 4.78 is 5.04. The molecule has 1 heterocycles. The van der Waals surface area contributed by atoms with E-state index in [9.17, 15) is 0 Å². The fourth-order valence-corrected chi connectivity index (χ4v) is 2.23. The van der Waals surface area contributed by atoms with E-state index in [4.69, 9.17) is 10.6 Å². The Balaban J connectivity index is 2.82. The summed E-state index contributed by atoms with van der Waals surface area (Å²) in [6, 6.07) is 2.18. The van der Waals surface area contributed by atoms with Gasteiger partial charge in [0.2, 0.25) is 0 Å². The number of ether oxygens (including phenoxy) is 1. The normalized spacial score (nSPS) is 12.2. The number of hydrazine groups is 1. The Labute approximate surface area is 112 Å². The Morgan fingerprint density at radius 2 is 2.17 bits per heavy atom. The third-order valence-electron chi connectivity index (χ3n) is 2.41. The van der Waals surface area contributed by atoms with E-state index in [2.05, 4.69) is 33.9 Å². The maximum Gasteiger partial charge on any atom is 0.158 e. The Kier molecular flexibility index (Phi) is 6.77. The zero-order valence-electron chi connectivity index (χ0n) is 11.1. The number of thioether (sulfide) groups is 1. The highest BCUT2D eigenvalue weighted by molar-refractivity contribution is 7.98. The summed E-state index contributed by atoms with van der Waals surface area (Å²) in [6.45, 7) is 2.51. The van der Waals surface area contributed by atoms with E-state index in [1.54, 1.807) is 13.2 Å². The summed E-state index contributed by atoms with van der Waals surface area (Å²) in [4.78, 5) is 8.59. The van der Waals surface area contributed by atoms with Crippen LogP contribution in [-0.2, 0) is 11.3 Å². The molecule has 1 aromatic heterocycles. The molecular formula is C11H21N5OS. The second-order valence-corrected chi connectivity index (χ2v) is 4.75. The summed E-state index contributed by atoms with van der Waals surface area (Å²) in [5.74, 6) is 8.38. The first-order valence-electron chi connectivity index (χ1n) is 5.82. The minimum Gasteiger partial charge on any atom is -0.377 e. The summed E-state index contributed by atoms with van der Waals surface area (Å²) in [5, 5.41) is 3.38. The number of nitrogens with two attached hydrogens (primary N) is 1. The fourth-order valence-electron chi connectivity index (χ4n) is 1.51. The molecule has 18 heavy (non-hydrogen) atoms. The lowest BCUT2D eigenvalue weighted by Gasteiger charge is -2.17. The van der Waals surface area contributed by atoms with Gasteiger partial charge in [-0.25, -0.2) is 15.8 Å². The highest BCUT2D eigenvalue weighted by Crippen LogP contribution is 2.14. The maximum absolute atomic E-state index is 5.39. The minimum absolute atomic E-state index is 0.365. The molecule has 0 saturated heterocycles. The molecule has 0 fully saturated rings. The Hall–Kier alpha value is -1.05. The lowest BCUT2D eigenvalue weighted by atomic mass is 10.2. The number of methoxy groups -OCH3 is 1. The van der Waals surface area contributed by atoms with E-state index >= 15 is 0 Å². The molecule has 0 saturated carbocycles. The fraction of sp³-hybridized carbons (Fsp3) is 0.636. The molecule has 1 atom stereocenters. The van der Waals surface area contributed by atoms with Gasteiger partial charge in [-0.2, -0.15) is 11.8 Å². The van der Waals surface area contributed by atoms with Crippen molar-refractivity contribution in [3.05, 3.63) is 11.9 Å². The third kappa shape index (κ3) is 4.67. The number of hydrogen-bond acceptors (Lipinski definition) is 7. The smallest absolute Gasteiger partial charge is 0.158 e. The molecule has 102 valence electrons. The van der Waals surface area contributed by atoms with Gasteiger partial charge >= 0.3 is 0 Å². The summed E-state index contributed by atoms with van der Waals surface area (Å²) >= 11 is 1.81. The molecule has 0 aliphatic heterocycles. The third-order valence-corrected chi connectivity index (χ3v) is 3.14. The molecule has 0 spiro atoms. The van der Waals surface area contributed by atoms with Crippen LogP contribution in [-0.4, -0.2) is 35.1 Å². The molecule has 7 heteroatoms. The largest absolute Gasteiger partial charge is 0.377 e. The molecule has 1 unspecified atom stereocenters. The molecule has 4 N–H and O–H groups in total. The van der Waals surface area contributed by atoms with Crippen molar-refractivity contribution in [2.45, 2.75) is 26.0 Å². The predicted molar refractivity (Wildman–Crippen MR) is 76.6 cm³/mol. The van der Waals surface area contributed by atoms with Crippen molar-refractivity contribution in [3.63, 3.8) is 0 Å². The highest BCUT2D eigenvalue weighted by Gasteiger charge is 2.09. The van der Waals surface area contributed by atoms with E-state index in [0.29, 0.717) is 24.3 Å². The van der Waals surface area contributed by atoms with Crippen LogP contribution in [0.2, 0.25) is 0 Å². The maximum atomic E-state index is 5.39. The van der Waals surface area contributed by atoms with Crippen LogP contribution in [0.5, 0.6) is 0 Å². The van der Waals surface area contributed by atoms with E-state index in [1.807, 2.05) is 11.8 Å². The van der Waals surface area contributed by atoms with E-state index < -0.39 is 0 Å². The van der Waals surface area contributed by atoms with Gasteiger partial charge in [0, 0.05) is 25.0 Å². The van der Waals surface area contributed by atoms with E-state index in [1.165, 1.54) is 0 Å². The van der Waals surface area contributed by atoms with Crippen molar-refractivity contribution in [3.8, 4) is 0 Å². The number of aromatic nitrogens is 2. The second kappa shape index (κ2) is 8.12. The average Bonchev–Trinajstić information content (AvgIpc) is 2.38. The van der Waals surface area contributed by atoms with Crippen molar-refractivity contribution < 1.29 is 4.74 Å². The monoisotopic (exact) mass is 271 g/mol. The van der Waals surface area contributed by atoms with Crippen molar-refractivity contribution in [2.24, 2.45) is 5.84 Å². The molecule has 0 aromatic carbocycles. The number of anilines is 2. The summed E-state index contributed by atoms with van der Waals surface area (Å²) in [6.07, 6.45) is 3.13. The number of rotatable bonds is 8. The van der Waals surface area contributed by atoms with Crippen LogP contribution in [0.4, 0.5) is 11.6 Å². The van der Waals surface area contributed by atoms with Gasteiger partial charge in [0.1, 0.15) is 18.2 Å². The van der Waals surface area contributed by atoms with Crippen molar-refractivity contribution >= 4 is 23.4 Å². The molecule has 0 amide bonds. The summed E-state index contributed by atoms with van der Waals surface area (Å²) in [7, 11) is 1.61. The van der Waals surface area contributed by atoms with Gasteiger partial charge in [-0.1, -0.05) is 6.92 Å². The highest BCUT2D eigenvalue weighted by atomic mass is 32.2. The zero-order valence-corrected chi connectivity index (χ0v) is 11.9. The number of hydrogen-bond donors (Lipinski definition) is 3. The Morgan fingerprint density at radius 1 is 1.44 bits per heavy atom. The molecule has 6 nitrogen and oxygen atoms in total. The van der Waals surface area contributed by atoms with Crippen LogP contribution < -0.4 is 16.6 Å². The van der Waals surface area contributed by atoms with Gasteiger partial charge in [-0.3, -0.25) is 0 Å². The molecule has 1 rings (SSSR count). The van der Waals surface area contributed by atoms with Gasteiger partial charge in [0.15, 0.2) is 5.82 Å². The molecule has 0 aliphatic rings. The SMILES string of the molecule is CCC(CSC)Nc1cc(NN)nc(COC)n1. The Morgan fingerprint density at radius 3 is 2.72 bits per heavy atom. The molecule has 0 radical (unpaired) electrons. The number of nitrogen functional groups attached to an aromatic ring is 1. The van der Waals surface area contributed by atoms with Crippen LogP contribution in [0.25, 0.3) is 0 Å². The standard InChI is InChI=1S/C11H21N5OS/c1-4-8(7-18-3)13-9-5-10(16-12)15-11(14-9)6-17-2/h5,8H,4,6-7,12H2,1-3H3,(H2,13,14,15,16). The number of nitrogens with one attached hydrogen (secondary N) is 2. The van der Waals surface area contributed by atoms with Crippen LogP contribution in [0.15, 0.2) is 6.07 Å². The first-order chi connectivity index (χ1) is 8.73. The van der Waals surface area contributed by atoms with E-state index in [-0.39, 0.29) is 0 Å². The lowest BCUT2D eigenvalue weighted by molar-refractivity contribution is 0.178. The quantitative estimate of drug-likeness (QED) is 0.487. The van der Waals surface area contributed by atoms with Crippen molar-refractivity contribution in [2.75, 3.05) is 29.9 Å². The van der Waals surface area contributed by atoms with Crippen LogP contribution in [0.3, 0.4) is 0 Å². The second-order valence-electron chi connectivity index (χ2n) is 3.84. The van der Waals surface area contributed by atoms with Gasteiger partial charge < -0.3 is 15.5 Å². The van der Waals surface area contributed by atoms with E-state index in [0.717, 1.165) is 18.0 Å². The lowest BCUT2D eigenvalue weighted by Crippen LogP contribution is -2.22. The van der Waals surface area contributed by atoms with Gasteiger partial charge in [0.05, 0.1) is 0 Å². The van der Waals surface area contributed by atoms with Crippen LogP contribution >= 0.6 is 11.8 Å². The topological polar surface area (TPSA) is 85.1 Å². The van der Waals surface area contributed by atoms with Gasteiger partial charge in [0.25, 0.3) is 0 Å². The summed E-state index contributed by atoms with van der Waals surface area (Å²) in [5.41, 5.74) is 2.54. The average molecular weight is 271 g/mol. The van der Waals surface area contributed by atoms with Crippen molar-refractivity contribution in [1.29, 1.82) is 0 Å². The van der Waals surface area contributed by atoms with Crippen LogP contribution in [0, 0.1) is 0 Å². The van der Waals surface area contributed by atoms with Gasteiger partial charge in [-0.15, -0.1) is 0 Å². The van der Waals surface area contributed by atoms with Crippen molar-refractivity contribution in [1.82, 2.24) is 9.97 Å². The molecule has 1 aromatic rings. The molecule has 0 bridgehead atoms. The number of nitrogens with zero attached hydrogens (tertiary/aromatic N) is 2. The zero-order chi connectivity index (χ0) is 13.4. The Bertz CT molecular complexity index is 363. The minimum atomic E-state index is 0.365. The first-order valence-corrected chi connectivity index (χ1v) is 7.21. The molecule has 0 aliphatic carbocycles. The predicted octanol–water partition coefficient (Wildman–Crippen LogP) is 1.46. The molecular weight excluding hydrogens is 250 g/mol.